The van der Waals surface area contributed by atoms with E-state index in [1.54, 1.807) is 24.3 Å². The summed E-state index contributed by atoms with van der Waals surface area (Å²) in [5.74, 6) is -0.153. The SMILES string of the molecule is O=C(Nc1ccc(Cl)cc1)N[C@H](Cc1ccccc1)C(=O)NC1CCN(C2CCOCC2)CC1. The van der Waals surface area contributed by atoms with Crippen LogP contribution in [0.25, 0.3) is 0 Å². The third-order valence-electron chi connectivity index (χ3n) is 6.59. The maximum Gasteiger partial charge on any atom is 0.319 e. The van der Waals surface area contributed by atoms with Crippen LogP contribution in [0.4, 0.5) is 10.5 Å². The zero-order valence-electron chi connectivity index (χ0n) is 19.3. The third kappa shape index (κ3) is 7.19. The molecule has 0 spiro atoms. The topological polar surface area (TPSA) is 82.7 Å². The van der Waals surface area contributed by atoms with Gasteiger partial charge in [0.05, 0.1) is 0 Å². The van der Waals surface area contributed by atoms with Crippen molar-refractivity contribution >= 4 is 29.2 Å². The first kappa shape index (κ1) is 24.5. The largest absolute Gasteiger partial charge is 0.381 e. The Balaban J connectivity index is 1.33. The van der Waals surface area contributed by atoms with Crippen LogP contribution in [0.15, 0.2) is 54.6 Å². The molecule has 3 N–H and O–H groups in total. The lowest BCUT2D eigenvalue weighted by atomic mass is 9.99. The molecule has 7 nitrogen and oxygen atoms in total. The Morgan fingerprint density at radius 2 is 1.65 bits per heavy atom. The number of urea groups is 1. The van der Waals surface area contributed by atoms with E-state index in [4.69, 9.17) is 16.3 Å². The number of carbonyl (C=O) groups is 2. The number of rotatable bonds is 7. The number of hydrogen-bond acceptors (Lipinski definition) is 4. The van der Waals surface area contributed by atoms with E-state index in [-0.39, 0.29) is 11.9 Å². The monoisotopic (exact) mass is 484 g/mol. The molecular formula is C26H33ClN4O3. The molecule has 0 aliphatic carbocycles. The molecule has 182 valence electrons. The fraction of sp³-hybridized carbons (Fsp3) is 0.462. The van der Waals surface area contributed by atoms with Crippen molar-refractivity contribution in [3.63, 3.8) is 0 Å². The molecule has 34 heavy (non-hydrogen) atoms. The summed E-state index contributed by atoms with van der Waals surface area (Å²) in [6.07, 6.45) is 4.42. The van der Waals surface area contributed by atoms with Gasteiger partial charge in [-0.3, -0.25) is 4.79 Å². The number of halogens is 1. The lowest BCUT2D eigenvalue weighted by Crippen LogP contribution is -2.54. The molecule has 0 aromatic heterocycles. The van der Waals surface area contributed by atoms with Crippen molar-refractivity contribution in [1.29, 1.82) is 0 Å². The molecular weight excluding hydrogens is 452 g/mol. The quantitative estimate of drug-likeness (QED) is 0.557. The number of benzene rings is 2. The van der Waals surface area contributed by atoms with Gasteiger partial charge in [0.25, 0.3) is 0 Å². The second-order valence-corrected chi connectivity index (χ2v) is 9.45. The van der Waals surface area contributed by atoms with Crippen LogP contribution in [0.1, 0.15) is 31.2 Å². The van der Waals surface area contributed by atoms with Crippen LogP contribution in [-0.2, 0) is 16.0 Å². The van der Waals surface area contributed by atoms with E-state index in [1.165, 1.54) is 0 Å². The van der Waals surface area contributed by atoms with Crippen molar-refractivity contribution in [2.75, 3.05) is 31.6 Å². The Labute approximate surface area is 206 Å². The first-order valence-electron chi connectivity index (χ1n) is 12.1. The minimum absolute atomic E-state index is 0.114. The Kier molecular flexibility index (Phi) is 8.79. The highest BCUT2D eigenvalue weighted by Gasteiger charge is 2.29. The molecule has 8 heteroatoms. The van der Waals surface area contributed by atoms with E-state index in [2.05, 4.69) is 20.9 Å². The molecule has 3 amide bonds. The molecule has 0 saturated carbocycles. The van der Waals surface area contributed by atoms with Crippen LogP contribution >= 0.6 is 11.6 Å². The number of anilines is 1. The fourth-order valence-corrected chi connectivity index (χ4v) is 4.80. The summed E-state index contributed by atoms with van der Waals surface area (Å²) in [5, 5.41) is 9.42. The van der Waals surface area contributed by atoms with Gasteiger partial charge in [0.1, 0.15) is 6.04 Å². The van der Waals surface area contributed by atoms with Crippen LogP contribution < -0.4 is 16.0 Å². The Bertz CT molecular complexity index is 927. The zero-order valence-corrected chi connectivity index (χ0v) is 20.1. The molecule has 0 bridgehead atoms. The Morgan fingerprint density at radius 1 is 0.971 bits per heavy atom. The Hall–Kier alpha value is -2.61. The smallest absolute Gasteiger partial charge is 0.319 e. The van der Waals surface area contributed by atoms with Gasteiger partial charge in [-0.1, -0.05) is 41.9 Å². The van der Waals surface area contributed by atoms with E-state index < -0.39 is 12.1 Å². The van der Waals surface area contributed by atoms with Crippen molar-refractivity contribution in [1.82, 2.24) is 15.5 Å². The second kappa shape index (κ2) is 12.2. The van der Waals surface area contributed by atoms with Gasteiger partial charge >= 0.3 is 6.03 Å². The Morgan fingerprint density at radius 3 is 2.32 bits per heavy atom. The van der Waals surface area contributed by atoms with E-state index in [1.807, 2.05) is 30.3 Å². The molecule has 2 heterocycles. The van der Waals surface area contributed by atoms with Crippen molar-refractivity contribution in [3.8, 4) is 0 Å². The molecule has 2 aromatic rings. The lowest BCUT2D eigenvalue weighted by Gasteiger charge is -2.39. The molecule has 2 aliphatic rings. The lowest BCUT2D eigenvalue weighted by molar-refractivity contribution is -0.124. The summed E-state index contributed by atoms with van der Waals surface area (Å²) in [4.78, 5) is 28.4. The summed E-state index contributed by atoms with van der Waals surface area (Å²) in [6, 6.07) is 16.2. The van der Waals surface area contributed by atoms with Crippen LogP contribution in [-0.4, -0.2) is 61.3 Å². The van der Waals surface area contributed by atoms with E-state index >= 15 is 0 Å². The van der Waals surface area contributed by atoms with Gasteiger partial charge in [-0.25, -0.2) is 4.79 Å². The van der Waals surface area contributed by atoms with Crippen LogP contribution in [0, 0.1) is 0 Å². The van der Waals surface area contributed by atoms with Crippen LogP contribution in [0.2, 0.25) is 5.02 Å². The highest BCUT2D eigenvalue weighted by Crippen LogP contribution is 2.20. The number of likely N-dealkylation sites (tertiary alicyclic amines) is 1. The first-order valence-corrected chi connectivity index (χ1v) is 12.4. The van der Waals surface area contributed by atoms with Gasteiger partial charge in [0.15, 0.2) is 0 Å². The van der Waals surface area contributed by atoms with Gasteiger partial charge in [0, 0.05) is 55.5 Å². The van der Waals surface area contributed by atoms with Crippen molar-refractivity contribution in [2.24, 2.45) is 0 Å². The van der Waals surface area contributed by atoms with Crippen molar-refractivity contribution < 1.29 is 14.3 Å². The molecule has 2 saturated heterocycles. The van der Waals surface area contributed by atoms with Gasteiger partial charge in [-0.05, 0) is 55.5 Å². The van der Waals surface area contributed by atoms with Gasteiger partial charge in [-0.15, -0.1) is 0 Å². The standard InChI is InChI=1S/C26H33ClN4O3/c27-20-6-8-21(9-7-20)29-26(33)30-24(18-19-4-2-1-3-5-19)25(32)28-22-10-14-31(15-11-22)23-12-16-34-17-13-23/h1-9,22-24H,10-18H2,(H,28,32)(H2,29,30,33)/t24-/m1/s1. The average molecular weight is 485 g/mol. The minimum atomic E-state index is -0.678. The number of nitrogens with zero attached hydrogens (tertiary/aromatic N) is 1. The van der Waals surface area contributed by atoms with E-state index in [0.717, 1.165) is 57.6 Å². The predicted molar refractivity (Wildman–Crippen MR) is 134 cm³/mol. The van der Waals surface area contributed by atoms with Crippen molar-refractivity contribution in [2.45, 2.75) is 50.2 Å². The van der Waals surface area contributed by atoms with Gasteiger partial charge in [-0.2, -0.15) is 0 Å². The van der Waals surface area contributed by atoms with Crippen molar-refractivity contribution in [3.05, 3.63) is 65.2 Å². The van der Waals surface area contributed by atoms with E-state index in [0.29, 0.717) is 23.2 Å². The normalized spacial score (nSPS) is 18.7. The fourth-order valence-electron chi connectivity index (χ4n) is 4.68. The molecule has 2 aromatic carbocycles. The summed E-state index contributed by atoms with van der Waals surface area (Å²) in [6.45, 7) is 3.63. The number of carbonyl (C=O) groups excluding carboxylic acids is 2. The van der Waals surface area contributed by atoms with Crippen LogP contribution in [0.5, 0.6) is 0 Å². The van der Waals surface area contributed by atoms with E-state index in [9.17, 15) is 9.59 Å². The number of ether oxygens (including phenoxy) is 1. The number of amides is 3. The highest BCUT2D eigenvalue weighted by atomic mass is 35.5. The molecule has 2 fully saturated rings. The van der Waals surface area contributed by atoms with Crippen LogP contribution in [0.3, 0.4) is 0 Å². The second-order valence-electron chi connectivity index (χ2n) is 9.01. The average Bonchev–Trinajstić information content (AvgIpc) is 2.87. The maximum atomic E-state index is 13.2. The zero-order chi connectivity index (χ0) is 23.8. The first-order chi connectivity index (χ1) is 16.6. The molecule has 2 aliphatic heterocycles. The number of piperidine rings is 1. The highest BCUT2D eigenvalue weighted by molar-refractivity contribution is 6.30. The molecule has 4 rings (SSSR count). The predicted octanol–water partition coefficient (Wildman–Crippen LogP) is 3.83. The minimum Gasteiger partial charge on any atom is -0.381 e. The third-order valence-corrected chi connectivity index (χ3v) is 6.84. The number of hydrogen-bond donors (Lipinski definition) is 3. The molecule has 0 radical (unpaired) electrons. The molecule has 1 atom stereocenters. The number of nitrogens with one attached hydrogen (secondary N) is 3. The van der Waals surface area contributed by atoms with Gasteiger partial charge < -0.3 is 25.6 Å². The summed E-state index contributed by atoms with van der Waals surface area (Å²) >= 11 is 5.92. The summed E-state index contributed by atoms with van der Waals surface area (Å²) in [5.41, 5.74) is 1.60. The molecule has 0 unspecified atom stereocenters. The van der Waals surface area contributed by atoms with Gasteiger partial charge in [0.2, 0.25) is 5.91 Å². The maximum absolute atomic E-state index is 13.2. The summed E-state index contributed by atoms with van der Waals surface area (Å²) < 4.78 is 5.48. The summed E-state index contributed by atoms with van der Waals surface area (Å²) in [7, 11) is 0.